The Labute approximate surface area is 109 Å². The zero-order chi connectivity index (χ0) is 13.3. The van der Waals surface area contributed by atoms with E-state index in [2.05, 4.69) is 4.98 Å². The number of hydrogen-bond acceptors (Lipinski definition) is 3. The van der Waals surface area contributed by atoms with Gasteiger partial charge in [-0.3, -0.25) is 4.98 Å². The number of halogens is 1. The van der Waals surface area contributed by atoms with E-state index in [1.165, 1.54) is 6.92 Å². The maximum absolute atomic E-state index is 10.8. The second kappa shape index (κ2) is 4.82. The van der Waals surface area contributed by atoms with E-state index in [0.29, 0.717) is 16.3 Å². The molecule has 1 N–H and O–H groups in total. The van der Waals surface area contributed by atoms with Crippen molar-refractivity contribution in [1.82, 2.24) is 4.98 Å². The largest absolute Gasteiger partial charge is 0.479 e. The summed E-state index contributed by atoms with van der Waals surface area (Å²) in [7, 11) is 0. The second-order valence-corrected chi connectivity index (χ2v) is 4.46. The number of pyridine rings is 1. The third kappa shape index (κ3) is 2.54. The van der Waals surface area contributed by atoms with Crippen molar-refractivity contribution in [3.63, 3.8) is 0 Å². The van der Waals surface area contributed by atoms with Gasteiger partial charge in [-0.25, -0.2) is 4.79 Å². The van der Waals surface area contributed by atoms with Crippen LogP contribution in [0.5, 0.6) is 5.75 Å². The number of hydrogen-bond donors (Lipinski definition) is 1. The normalized spacial score (nSPS) is 12.4. The molecule has 0 radical (unpaired) electrons. The van der Waals surface area contributed by atoms with Crippen LogP contribution in [0.3, 0.4) is 0 Å². The third-order valence-electron chi connectivity index (χ3n) is 2.51. The molecule has 0 aliphatic carbocycles. The van der Waals surface area contributed by atoms with Gasteiger partial charge in [0.25, 0.3) is 0 Å². The van der Waals surface area contributed by atoms with Gasteiger partial charge in [0.15, 0.2) is 6.10 Å². The van der Waals surface area contributed by atoms with E-state index in [1.807, 2.05) is 6.92 Å². The first kappa shape index (κ1) is 12.6. The van der Waals surface area contributed by atoms with Crippen molar-refractivity contribution in [3.05, 3.63) is 35.0 Å². The van der Waals surface area contributed by atoms with E-state index in [1.54, 1.807) is 24.3 Å². The van der Waals surface area contributed by atoms with Crippen LogP contribution in [0.4, 0.5) is 0 Å². The van der Waals surface area contributed by atoms with Crippen LogP contribution in [-0.2, 0) is 4.79 Å². The molecule has 0 bridgehead atoms. The fourth-order valence-electron chi connectivity index (χ4n) is 1.63. The molecule has 0 fully saturated rings. The SMILES string of the molecule is Cc1cc(OC(C)C(=O)O)c2ccc(Cl)cc2n1. The highest BCUT2D eigenvalue weighted by molar-refractivity contribution is 6.31. The molecule has 5 heteroatoms. The van der Waals surface area contributed by atoms with Crippen LogP contribution in [-0.4, -0.2) is 22.2 Å². The van der Waals surface area contributed by atoms with Crippen LogP contribution in [0, 0.1) is 6.92 Å². The van der Waals surface area contributed by atoms with Crippen LogP contribution in [0.15, 0.2) is 24.3 Å². The van der Waals surface area contributed by atoms with E-state index in [9.17, 15) is 4.79 Å². The summed E-state index contributed by atoms with van der Waals surface area (Å²) < 4.78 is 5.43. The molecule has 0 saturated heterocycles. The van der Waals surface area contributed by atoms with E-state index in [-0.39, 0.29) is 0 Å². The van der Waals surface area contributed by atoms with E-state index in [4.69, 9.17) is 21.4 Å². The zero-order valence-electron chi connectivity index (χ0n) is 9.98. The molecule has 94 valence electrons. The smallest absolute Gasteiger partial charge is 0.344 e. The minimum Gasteiger partial charge on any atom is -0.479 e. The van der Waals surface area contributed by atoms with Crippen LogP contribution < -0.4 is 4.74 Å². The van der Waals surface area contributed by atoms with Gasteiger partial charge in [-0.05, 0) is 32.0 Å². The van der Waals surface area contributed by atoms with Gasteiger partial charge in [-0.2, -0.15) is 0 Å². The van der Waals surface area contributed by atoms with E-state index >= 15 is 0 Å². The number of aliphatic carboxylic acids is 1. The fraction of sp³-hybridized carbons (Fsp3) is 0.231. The standard InChI is InChI=1S/C13H12ClNO3/c1-7-5-12(18-8(2)13(16)17)10-4-3-9(14)6-11(10)15-7/h3-6,8H,1-2H3,(H,16,17). The lowest BCUT2D eigenvalue weighted by Gasteiger charge is -2.13. The van der Waals surface area contributed by atoms with Crippen LogP contribution in [0.25, 0.3) is 10.9 Å². The molecule has 0 saturated carbocycles. The summed E-state index contributed by atoms with van der Waals surface area (Å²) in [6, 6.07) is 6.94. The molecule has 2 rings (SSSR count). The molecule has 0 aliphatic rings. The third-order valence-corrected chi connectivity index (χ3v) is 2.75. The number of aryl methyl sites for hydroxylation is 1. The number of nitrogens with zero attached hydrogens (tertiary/aromatic N) is 1. The highest BCUT2D eigenvalue weighted by Crippen LogP contribution is 2.28. The molecule has 1 aromatic heterocycles. The summed E-state index contributed by atoms with van der Waals surface area (Å²) in [5.74, 6) is -0.504. The highest BCUT2D eigenvalue weighted by atomic mass is 35.5. The summed E-state index contributed by atoms with van der Waals surface area (Å²) in [6.45, 7) is 3.30. The van der Waals surface area contributed by atoms with Gasteiger partial charge in [-0.15, -0.1) is 0 Å². The lowest BCUT2D eigenvalue weighted by molar-refractivity contribution is -0.144. The van der Waals surface area contributed by atoms with Crippen molar-refractivity contribution < 1.29 is 14.6 Å². The number of carboxylic acid groups (broad SMARTS) is 1. The van der Waals surface area contributed by atoms with E-state index in [0.717, 1.165) is 11.1 Å². The Morgan fingerprint density at radius 1 is 1.44 bits per heavy atom. The monoisotopic (exact) mass is 265 g/mol. The maximum atomic E-state index is 10.8. The Bertz CT molecular complexity index is 607. The summed E-state index contributed by atoms with van der Waals surface area (Å²) in [5.41, 5.74) is 1.44. The lowest BCUT2D eigenvalue weighted by Crippen LogP contribution is -2.23. The summed E-state index contributed by atoms with van der Waals surface area (Å²) >= 11 is 5.90. The topological polar surface area (TPSA) is 59.4 Å². The summed E-state index contributed by atoms with van der Waals surface area (Å²) in [6.07, 6.45) is -0.911. The van der Waals surface area contributed by atoms with Crippen molar-refractivity contribution in [2.24, 2.45) is 0 Å². The van der Waals surface area contributed by atoms with Crippen LogP contribution in [0.2, 0.25) is 5.02 Å². The number of carboxylic acids is 1. The molecular formula is C13H12ClNO3. The van der Waals surface area contributed by atoms with Crippen molar-refractivity contribution in [3.8, 4) is 5.75 Å². The van der Waals surface area contributed by atoms with Gasteiger partial charge in [-0.1, -0.05) is 11.6 Å². The average molecular weight is 266 g/mol. The highest BCUT2D eigenvalue weighted by Gasteiger charge is 2.15. The second-order valence-electron chi connectivity index (χ2n) is 4.02. The Balaban J connectivity index is 2.52. The Morgan fingerprint density at radius 3 is 2.83 bits per heavy atom. The lowest BCUT2D eigenvalue weighted by atomic mass is 10.2. The molecule has 1 aromatic carbocycles. The van der Waals surface area contributed by atoms with Gasteiger partial charge >= 0.3 is 5.97 Å². The van der Waals surface area contributed by atoms with Gasteiger partial charge < -0.3 is 9.84 Å². The average Bonchev–Trinajstić information content (AvgIpc) is 2.27. The molecule has 0 spiro atoms. The Hall–Kier alpha value is -1.81. The minimum absolute atomic E-state index is 0.504. The predicted octanol–water partition coefficient (Wildman–Crippen LogP) is 3.05. The first-order valence-electron chi connectivity index (χ1n) is 5.44. The first-order chi connectivity index (χ1) is 8.47. The van der Waals surface area contributed by atoms with Gasteiger partial charge in [0.1, 0.15) is 5.75 Å². The van der Waals surface area contributed by atoms with Crippen LogP contribution in [0.1, 0.15) is 12.6 Å². The molecule has 0 amide bonds. The molecule has 1 heterocycles. The van der Waals surface area contributed by atoms with Gasteiger partial charge in [0.05, 0.1) is 5.52 Å². The number of fused-ring (bicyclic) bond motifs is 1. The molecular weight excluding hydrogens is 254 g/mol. The zero-order valence-corrected chi connectivity index (χ0v) is 10.7. The van der Waals surface area contributed by atoms with Gasteiger partial charge in [0, 0.05) is 22.2 Å². The molecule has 0 aliphatic heterocycles. The molecule has 2 aromatic rings. The summed E-state index contributed by atoms with van der Waals surface area (Å²) in [5, 5.41) is 10.2. The number of benzene rings is 1. The molecule has 18 heavy (non-hydrogen) atoms. The quantitative estimate of drug-likeness (QED) is 0.927. The Morgan fingerprint density at radius 2 is 2.17 bits per heavy atom. The molecule has 1 atom stereocenters. The first-order valence-corrected chi connectivity index (χ1v) is 5.81. The molecule has 4 nitrogen and oxygen atoms in total. The molecule has 1 unspecified atom stereocenters. The minimum atomic E-state index is -1.01. The number of ether oxygens (including phenoxy) is 1. The van der Waals surface area contributed by atoms with Crippen molar-refractivity contribution in [2.45, 2.75) is 20.0 Å². The number of rotatable bonds is 3. The van der Waals surface area contributed by atoms with Gasteiger partial charge in [0.2, 0.25) is 0 Å². The predicted molar refractivity (Wildman–Crippen MR) is 69.2 cm³/mol. The van der Waals surface area contributed by atoms with Crippen molar-refractivity contribution in [1.29, 1.82) is 0 Å². The van der Waals surface area contributed by atoms with Crippen molar-refractivity contribution >= 4 is 28.5 Å². The number of aromatic nitrogens is 1. The fourth-order valence-corrected chi connectivity index (χ4v) is 1.80. The Kier molecular flexibility index (Phi) is 3.39. The number of carbonyl (C=O) groups is 1. The maximum Gasteiger partial charge on any atom is 0.344 e. The van der Waals surface area contributed by atoms with E-state index < -0.39 is 12.1 Å². The van der Waals surface area contributed by atoms with Crippen molar-refractivity contribution in [2.75, 3.05) is 0 Å². The summed E-state index contributed by atoms with van der Waals surface area (Å²) in [4.78, 5) is 15.2. The van der Waals surface area contributed by atoms with Crippen LogP contribution >= 0.6 is 11.6 Å².